The number of hydrogen-bond donors (Lipinski definition) is 1. The molecule has 0 unspecified atom stereocenters. The monoisotopic (exact) mass is 366 g/mol. The fourth-order valence-corrected chi connectivity index (χ4v) is 3.62. The molecule has 0 radical (unpaired) electrons. The Hall–Kier alpha value is -2.49. The van der Waals surface area contributed by atoms with Crippen molar-refractivity contribution in [3.05, 3.63) is 59.7 Å². The van der Waals surface area contributed by atoms with Crippen LogP contribution in [0.1, 0.15) is 48.0 Å². The van der Waals surface area contributed by atoms with E-state index >= 15 is 0 Å². The summed E-state index contributed by atoms with van der Waals surface area (Å²) in [6.45, 7) is 3.01. The van der Waals surface area contributed by atoms with E-state index in [9.17, 15) is 4.79 Å². The highest BCUT2D eigenvalue weighted by atomic mass is 16.5. The van der Waals surface area contributed by atoms with E-state index < -0.39 is 0 Å². The zero-order valence-corrected chi connectivity index (χ0v) is 16.2. The van der Waals surface area contributed by atoms with Gasteiger partial charge in [-0.05, 0) is 55.5 Å². The van der Waals surface area contributed by atoms with Crippen LogP contribution in [0.2, 0.25) is 0 Å². The van der Waals surface area contributed by atoms with Gasteiger partial charge in [0.1, 0.15) is 5.75 Å². The van der Waals surface area contributed by atoms with E-state index in [0.29, 0.717) is 17.9 Å². The molecule has 1 aliphatic heterocycles. The number of carbonyl (C=O) groups is 1. The van der Waals surface area contributed by atoms with Crippen LogP contribution in [0.25, 0.3) is 0 Å². The Bertz CT molecular complexity index is 719. The molecule has 4 nitrogen and oxygen atoms in total. The lowest BCUT2D eigenvalue weighted by Crippen LogP contribution is -2.25. The molecule has 0 spiro atoms. The molecule has 2 aromatic carbocycles. The fourth-order valence-electron chi connectivity index (χ4n) is 3.62. The van der Waals surface area contributed by atoms with Crippen molar-refractivity contribution in [2.24, 2.45) is 0 Å². The normalized spacial score (nSPS) is 14.5. The van der Waals surface area contributed by atoms with Crippen molar-refractivity contribution in [3.8, 4) is 5.75 Å². The number of ether oxygens (including phenoxy) is 1. The topological polar surface area (TPSA) is 41.6 Å². The number of amides is 1. The summed E-state index contributed by atoms with van der Waals surface area (Å²) in [4.78, 5) is 14.8. The average Bonchev–Trinajstić information content (AvgIpc) is 3.01. The number of carbonyl (C=O) groups excluding carboxylic acids is 1. The maximum Gasteiger partial charge on any atom is 0.255 e. The Kier molecular flexibility index (Phi) is 7.14. The Morgan fingerprint density at radius 1 is 1.00 bits per heavy atom. The third-order valence-corrected chi connectivity index (χ3v) is 5.19. The maximum absolute atomic E-state index is 12.3. The number of para-hydroxylation sites is 1. The van der Waals surface area contributed by atoms with Gasteiger partial charge in [0.15, 0.2) is 0 Å². The van der Waals surface area contributed by atoms with Gasteiger partial charge in [-0.1, -0.05) is 37.1 Å². The first kappa shape index (κ1) is 19.3. The van der Waals surface area contributed by atoms with Gasteiger partial charge in [-0.3, -0.25) is 4.79 Å². The van der Waals surface area contributed by atoms with Gasteiger partial charge in [-0.15, -0.1) is 0 Å². The molecule has 3 rings (SSSR count). The first-order valence-electron chi connectivity index (χ1n) is 10.0. The molecule has 0 aromatic heterocycles. The minimum Gasteiger partial charge on any atom is -0.496 e. The second-order valence-corrected chi connectivity index (χ2v) is 7.13. The van der Waals surface area contributed by atoms with Gasteiger partial charge in [-0.2, -0.15) is 0 Å². The van der Waals surface area contributed by atoms with Crippen LogP contribution in [0, 0.1) is 0 Å². The van der Waals surface area contributed by atoms with Gasteiger partial charge in [-0.25, -0.2) is 0 Å². The zero-order valence-electron chi connectivity index (χ0n) is 16.2. The molecular weight excluding hydrogens is 336 g/mol. The van der Waals surface area contributed by atoms with Crippen molar-refractivity contribution in [2.75, 3.05) is 31.6 Å². The molecule has 1 saturated heterocycles. The Morgan fingerprint density at radius 3 is 2.41 bits per heavy atom. The molecule has 4 heteroatoms. The predicted octanol–water partition coefficient (Wildman–Crippen LogP) is 4.44. The lowest BCUT2D eigenvalue weighted by Gasteiger charge is -2.22. The second-order valence-electron chi connectivity index (χ2n) is 7.13. The highest BCUT2D eigenvalue weighted by Crippen LogP contribution is 2.20. The molecule has 0 bridgehead atoms. The number of rotatable bonds is 7. The first-order chi connectivity index (χ1) is 13.3. The van der Waals surface area contributed by atoms with Crippen LogP contribution in [-0.2, 0) is 6.42 Å². The summed E-state index contributed by atoms with van der Waals surface area (Å²) in [5.41, 5.74) is 3.24. The molecule has 144 valence electrons. The van der Waals surface area contributed by atoms with Gasteiger partial charge < -0.3 is 15.0 Å². The van der Waals surface area contributed by atoms with Gasteiger partial charge in [0.05, 0.1) is 12.7 Å². The van der Waals surface area contributed by atoms with E-state index in [2.05, 4.69) is 34.5 Å². The first-order valence-corrected chi connectivity index (χ1v) is 10.0. The number of anilines is 1. The van der Waals surface area contributed by atoms with Crippen LogP contribution in [0.3, 0.4) is 0 Å². The summed E-state index contributed by atoms with van der Waals surface area (Å²) in [5, 5.41) is 2.99. The summed E-state index contributed by atoms with van der Waals surface area (Å²) in [6.07, 6.45) is 7.20. The SMILES string of the molecule is COc1ccccc1C(=O)NCCCc1ccc(N2CCCCCC2)cc1. The number of hydrogen-bond acceptors (Lipinski definition) is 3. The molecule has 27 heavy (non-hydrogen) atoms. The standard InChI is InChI=1S/C23H30N2O2/c1-27-22-11-5-4-10-21(22)23(26)24-16-8-9-19-12-14-20(15-13-19)25-17-6-2-3-7-18-25/h4-5,10-15H,2-3,6-9,16-18H2,1H3,(H,24,26). The van der Waals surface area contributed by atoms with Crippen LogP contribution in [0.15, 0.2) is 48.5 Å². The van der Waals surface area contributed by atoms with Crippen molar-refractivity contribution >= 4 is 11.6 Å². The number of nitrogens with zero attached hydrogens (tertiary/aromatic N) is 1. The summed E-state index contributed by atoms with van der Waals surface area (Å²) in [5.74, 6) is 0.531. The lowest BCUT2D eigenvalue weighted by atomic mass is 10.1. The van der Waals surface area contributed by atoms with E-state index in [1.807, 2.05) is 12.1 Å². The number of benzene rings is 2. The van der Waals surface area contributed by atoms with E-state index in [1.54, 1.807) is 19.2 Å². The predicted molar refractivity (Wildman–Crippen MR) is 111 cm³/mol. The van der Waals surface area contributed by atoms with Gasteiger partial charge in [0.2, 0.25) is 0 Å². The van der Waals surface area contributed by atoms with Gasteiger partial charge >= 0.3 is 0 Å². The van der Waals surface area contributed by atoms with Crippen LogP contribution in [0.4, 0.5) is 5.69 Å². The lowest BCUT2D eigenvalue weighted by molar-refractivity contribution is 0.0950. The van der Waals surface area contributed by atoms with Crippen molar-refractivity contribution in [1.82, 2.24) is 5.32 Å². The summed E-state index contributed by atoms with van der Waals surface area (Å²) in [6, 6.07) is 16.2. The molecule has 0 aliphatic carbocycles. The van der Waals surface area contributed by atoms with Gasteiger partial charge in [0, 0.05) is 25.3 Å². The molecule has 0 saturated carbocycles. The molecule has 2 aromatic rings. The number of methoxy groups -OCH3 is 1. The highest BCUT2D eigenvalue weighted by Gasteiger charge is 2.11. The summed E-state index contributed by atoms with van der Waals surface area (Å²) < 4.78 is 5.25. The van der Waals surface area contributed by atoms with Crippen molar-refractivity contribution < 1.29 is 9.53 Å². The van der Waals surface area contributed by atoms with E-state index in [0.717, 1.165) is 12.8 Å². The van der Waals surface area contributed by atoms with Gasteiger partial charge in [0.25, 0.3) is 5.91 Å². The van der Waals surface area contributed by atoms with Crippen molar-refractivity contribution in [2.45, 2.75) is 38.5 Å². The van der Waals surface area contributed by atoms with Crippen LogP contribution >= 0.6 is 0 Å². The fraction of sp³-hybridized carbons (Fsp3) is 0.435. The summed E-state index contributed by atoms with van der Waals surface area (Å²) in [7, 11) is 1.58. The zero-order chi connectivity index (χ0) is 18.9. The number of nitrogens with one attached hydrogen (secondary N) is 1. The maximum atomic E-state index is 12.3. The molecule has 1 amide bonds. The van der Waals surface area contributed by atoms with Crippen molar-refractivity contribution in [1.29, 1.82) is 0 Å². The Balaban J connectivity index is 1.44. The Labute approximate surface area is 162 Å². The molecule has 1 fully saturated rings. The quantitative estimate of drug-likeness (QED) is 0.737. The number of aryl methyl sites for hydroxylation is 1. The smallest absolute Gasteiger partial charge is 0.255 e. The molecule has 0 atom stereocenters. The minimum atomic E-state index is -0.0797. The Morgan fingerprint density at radius 2 is 1.70 bits per heavy atom. The third kappa shape index (κ3) is 5.49. The van der Waals surface area contributed by atoms with E-state index in [4.69, 9.17) is 4.74 Å². The van der Waals surface area contributed by atoms with E-state index in [1.165, 1.54) is 50.0 Å². The van der Waals surface area contributed by atoms with Crippen LogP contribution < -0.4 is 15.0 Å². The molecule has 1 N–H and O–H groups in total. The highest BCUT2D eigenvalue weighted by molar-refractivity contribution is 5.96. The minimum absolute atomic E-state index is 0.0797. The average molecular weight is 367 g/mol. The largest absolute Gasteiger partial charge is 0.496 e. The third-order valence-electron chi connectivity index (χ3n) is 5.19. The van der Waals surface area contributed by atoms with E-state index in [-0.39, 0.29) is 5.91 Å². The second kappa shape index (κ2) is 10.0. The summed E-state index contributed by atoms with van der Waals surface area (Å²) >= 11 is 0. The van der Waals surface area contributed by atoms with Crippen molar-refractivity contribution in [3.63, 3.8) is 0 Å². The molecular formula is C23H30N2O2. The molecule has 1 aliphatic rings. The van der Waals surface area contributed by atoms with Crippen LogP contribution in [0.5, 0.6) is 5.75 Å². The van der Waals surface area contributed by atoms with Crippen LogP contribution in [-0.4, -0.2) is 32.7 Å². The molecule has 1 heterocycles.